The van der Waals surface area contributed by atoms with Gasteiger partial charge in [-0.1, -0.05) is 6.42 Å². The predicted octanol–water partition coefficient (Wildman–Crippen LogP) is 0.728. The summed E-state index contributed by atoms with van der Waals surface area (Å²) in [5.41, 5.74) is 0. The van der Waals surface area contributed by atoms with Gasteiger partial charge in [-0.25, -0.2) is 4.99 Å². The molecule has 8 heavy (non-hydrogen) atoms. The SMILES string of the molecule is C#CN=C/C=C/C#N. The molecule has 0 aliphatic rings. The first-order valence-corrected chi connectivity index (χ1v) is 1.95. The zero-order valence-corrected chi connectivity index (χ0v) is 4.20. The third-order valence-electron chi connectivity index (χ3n) is 0.406. The summed E-state index contributed by atoms with van der Waals surface area (Å²) < 4.78 is 0. The molecule has 0 atom stereocenters. The van der Waals surface area contributed by atoms with E-state index in [2.05, 4.69) is 4.99 Å². The molecule has 0 unspecified atom stereocenters. The predicted molar refractivity (Wildman–Crippen MR) is 32.1 cm³/mol. The van der Waals surface area contributed by atoms with Gasteiger partial charge in [0.25, 0.3) is 0 Å². The fourth-order valence-electron chi connectivity index (χ4n) is 0.172. The van der Waals surface area contributed by atoms with E-state index >= 15 is 0 Å². The number of nitriles is 1. The summed E-state index contributed by atoms with van der Waals surface area (Å²) in [6, 6.07) is 3.82. The van der Waals surface area contributed by atoms with Crippen LogP contribution in [-0.4, -0.2) is 6.21 Å². The first kappa shape index (κ1) is 6.46. The van der Waals surface area contributed by atoms with Crippen LogP contribution in [0.3, 0.4) is 0 Å². The van der Waals surface area contributed by atoms with Crippen molar-refractivity contribution in [3.8, 4) is 18.5 Å². The van der Waals surface area contributed by atoms with E-state index in [1.165, 1.54) is 18.4 Å². The molecule has 0 aromatic rings. The average Bonchev–Trinajstić information content (AvgIpc) is 1.81. The van der Waals surface area contributed by atoms with Gasteiger partial charge in [0.15, 0.2) is 0 Å². The molecule has 2 nitrogen and oxygen atoms in total. The summed E-state index contributed by atoms with van der Waals surface area (Å²) in [6.45, 7) is 0. The number of nitrogens with zero attached hydrogens (tertiary/aromatic N) is 2. The Labute approximate surface area is 48.2 Å². The minimum Gasteiger partial charge on any atom is -0.206 e. The van der Waals surface area contributed by atoms with Gasteiger partial charge in [0.2, 0.25) is 0 Å². The lowest BCUT2D eigenvalue weighted by atomic mass is 10.5. The molecule has 0 aromatic heterocycles. The third kappa shape index (κ3) is 4.46. The smallest absolute Gasteiger partial charge is 0.0912 e. The van der Waals surface area contributed by atoms with Gasteiger partial charge in [-0.3, -0.25) is 0 Å². The van der Waals surface area contributed by atoms with Crippen LogP contribution < -0.4 is 0 Å². The normalized spacial score (nSPS) is 9.25. The zero-order chi connectivity index (χ0) is 6.24. The highest BCUT2D eigenvalue weighted by Crippen LogP contribution is 1.63. The molecule has 0 radical (unpaired) electrons. The van der Waals surface area contributed by atoms with Crippen LogP contribution in [0.4, 0.5) is 0 Å². The molecule has 0 N–H and O–H groups in total. The highest BCUT2D eigenvalue weighted by Gasteiger charge is 1.57. The quantitative estimate of drug-likeness (QED) is 0.274. The maximum atomic E-state index is 7.92. The van der Waals surface area contributed by atoms with E-state index in [1.54, 1.807) is 6.07 Å². The fraction of sp³-hybridized carbons (Fsp3) is 0. The standard InChI is InChI=1S/C6H4N2/c1-2-8-6-4-3-5-7/h1,3-4,6H/b4-3+,8-6?. The second kappa shape index (κ2) is 5.46. The van der Waals surface area contributed by atoms with Crippen molar-refractivity contribution in [1.29, 1.82) is 5.26 Å². The minimum absolute atomic E-state index is 1.29. The summed E-state index contributed by atoms with van der Waals surface area (Å²) in [5.74, 6) is 0. The minimum atomic E-state index is 1.29. The molecule has 0 fully saturated rings. The monoisotopic (exact) mass is 104 g/mol. The lowest BCUT2D eigenvalue weighted by Crippen LogP contribution is -1.58. The molecular weight excluding hydrogens is 100 g/mol. The topological polar surface area (TPSA) is 36.1 Å². The van der Waals surface area contributed by atoms with Crippen LogP contribution in [0.5, 0.6) is 0 Å². The van der Waals surface area contributed by atoms with Crippen molar-refractivity contribution in [1.82, 2.24) is 0 Å². The fourth-order valence-corrected chi connectivity index (χ4v) is 0.172. The maximum Gasteiger partial charge on any atom is 0.0912 e. The van der Waals surface area contributed by atoms with Crippen molar-refractivity contribution in [2.75, 3.05) is 0 Å². The number of hydrogen-bond donors (Lipinski definition) is 0. The van der Waals surface area contributed by atoms with Crippen molar-refractivity contribution >= 4 is 6.21 Å². The largest absolute Gasteiger partial charge is 0.206 e. The molecule has 0 saturated carbocycles. The van der Waals surface area contributed by atoms with Crippen molar-refractivity contribution in [3.63, 3.8) is 0 Å². The van der Waals surface area contributed by atoms with Gasteiger partial charge in [0, 0.05) is 18.3 Å². The summed E-state index contributed by atoms with van der Waals surface area (Å²) in [7, 11) is 0. The van der Waals surface area contributed by atoms with E-state index in [-0.39, 0.29) is 0 Å². The van der Waals surface area contributed by atoms with E-state index < -0.39 is 0 Å². The van der Waals surface area contributed by atoms with Gasteiger partial charge in [-0.15, -0.1) is 0 Å². The van der Waals surface area contributed by atoms with Crippen LogP contribution in [0.2, 0.25) is 0 Å². The molecule has 0 heterocycles. The average molecular weight is 104 g/mol. The van der Waals surface area contributed by atoms with Gasteiger partial charge in [-0.05, 0) is 6.08 Å². The Morgan fingerprint density at radius 1 is 1.62 bits per heavy atom. The van der Waals surface area contributed by atoms with Crippen LogP contribution in [0.15, 0.2) is 17.1 Å². The van der Waals surface area contributed by atoms with Crippen LogP contribution in [0.25, 0.3) is 0 Å². The Bertz CT molecular complexity index is 154. The van der Waals surface area contributed by atoms with Crippen molar-refractivity contribution in [3.05, 3.63) is 12.2 Å². The Balaban J connectivity index is 3.51. The van der Waals surface area contributed by atoms with Crippen LogP contribution in [-0.2, 0) is 0 Å². The number of aliphatic imine (C=N–C) groups is 1. The first-order valence-electron chi connectivity index (χ1n) is 1.95. The molecular formula is C6H4N2. The number of allylic oxidation sites excluding steroid dienone is 2. The van der Waals surface area contributed by atoms with Gasteiger partial charge in [0.05, 0.1) is 6.07 Å². The van der Waals surface area contributed by atoms with Gasteiger partial charge in [-0.2, -0.15) is 5.26 Å². The van der Waals surface area contributed by atoms with E-state index in [0.717, 1.165) is 0 Å². The highest BCUT2D eigenvalue weighted by molar-refractivity contribution is 5.72. The molecule has 0 spiro atoms. The van der Waals surface area contributed by atoms with Crippen molar-refractivity contribution in [2.45, 2.75) is 0 Å². The molecule has 0 aliphatic heterocycles. The lowest BCUT2D eigenvalue weighted by Gasteiger charge is -1.61. The molecule has 2 heteroatoms. The Morgan fingerprint density at radius 3 is 2.88 bits per heavy atom. The molecule has 0 aromatic carbocycles. The molecule has 0 bridgehead atoms. The van der Waals surface area contributed by atoms with Crippen LogP contribution in [0.1, 0.15) is 0 Å². The number of rotatable bonds is 1. The van der Waals surface area contributed by atoms with Gasteiger partial charge < -0.3 is 0 Å². The molecule has 0 amide bonds. The third-order valence-corrected chi connectivity index (χ3v) is 0.406. The van der Waals surface area contributed by atoms with E-state index in [4.69, 9.17) is 11.7 Å². The molecule has 0 saturated heterocycles. The summed E-state index contributed by atoms with van der Waals surface area (Å²) in [4.78, 5) is 3.37. The van der Waals surface area contributed by atoms with E-state index in [9.17, 15) is 0 Å². The summed E-state index contributed by atoms with van der Waals surface area (Å²) in [5, 5.41) is 7.92. The highest BCUT2D eigenvalue weighted by atomic mass is 14.6. The van der Waals surface area contributed by atoms with Crippen LogP contribution >= 0.6 is 0 Å². The van der Waals surface area contributed by atoms with Crippen LogP contribution in [0, 0.1) is 23.8 Å². The second-order valence-electron chi connectivity index (χ2n) is 0.895. The second-order valence-corrected chi connectivity index (χ2v) is 0.895. The Hall–Kier alpha value is -1.54. The maximum absolute atomic E-state index is 7.92. The summed E-state index contributed by atoms with van der Waals surface area (Å²) in [6.07, 6.45) is 8.89. The van der Waals surface area contributed by atoms with E-state index in [0.29, 0.717) is 0 Å². The van der Waals surface area contributed by atoms with Gasteiger partial charge in [0.1, 0.15) is 0 Å². The molecule has 0 aliphatic carbocycles. The lowest BCUT2D eigenvalue weighted by molar-refractivity contribution is 1.53. The van der Waals surface area contributed by atoms with Crippen molar-refractivity contribution < 1.29 is 0 Å². The van der Waals surface area contributed by atoms with Crippen molar-refractivity contribution in [2.24, 2.45) is 4.99 Å². The Kier molecular flexibility index (Phi) is 4.41. The Morgan fingerprint density at radius 2 is 2.38 bits per heavy atom. The first-order chi connectivity index (χ1) is 3.91. The van der Waals surface area contributed by atoms with E-state index in [1.807, 2.05) is 6.04 Å². The zero-order valence-electron chi connectivity index (χ0n) is 4.20. The number of hydrogen-bond acceptors (Lipinski definition) is 2. The molecule has 0 rings (SSSR count). The molecule has 38 valence electrons. The number of terminal acetylenes is 1. The van der Waals surface area contributed by atoms with Gasteiger partial charge >= 0.3 is 0 Å². The summed E-state index contributed by atoms with van der Waals surface area (Å²) >= 11 is 0.